The molecule has 0 saturated carbocycles. The van der Waals surface area contributed by atoms with E-state index in [1.54, 1.807) is 18.5 Å². The molecule has 23 heavy (non-hydrogen) atoms. The zero-order valence-electron chi connectivity index (χ0n) is 12.2. The lowest BCUT2D eigenvalue weighted by atomic mass is 10.2. The number of aromatic nitrogens is 3. The van der Waals surface area contributed by atoms with Gasteiger partial charge in [0.05, 0.1) is 0 Å². The number of hydrogen-bond donors (Lipinski definition) is 2. The largest absolute Gasteiger partial charge is 0.348 e. The van der Waals surface area contributed by atoms with Gasteiger partial charge in [-0.2, -0.15) is 0 Å². The van der Waals surface area contributed by atoms with Gasteiger partial charge in [0, 0.05) is 30.7 Å². The summed E-state index contributed by atoms with van der Waals surface area (Å²) < 4.78 is 0. The van der Waals surface area contributed by atoms with Crippen molar-refractivity contribution in [3.63, 3.8) is 0 Å². The van der Waals surface area contributed by atoms with Crippen molar-refractivity contribution in [3.8, 4) is 11.4 Å². The second-order valence-corrected chi connectivity index (χ2v) is 4.88. The Balaban J connectivity index is 1.75. The predicted octanol–water partition coefficient (Wildman–Crippen LogP) is 1.76. The lowest BCUT2D eigenvalue weighted by Crippen LogP contribution is -2.29. The van der Waals surface area contributed by atoms with Gasteiger partial charge in [0.25, 0.3) is 11.5 Å². The normalized spacial score (nSPS) is 10.3. The molecule has 3 rings (SSSR count). The van der Waals surface area contributed by atoms with Gasteiger partial charge in [-0.25, -0.2) is 4.98 Å². The molecule has 2 heterocycles. The molecule has 0 fully saturated rings. The zero-order valence-corrected chi connectivity index (χ0v) is 12.2. The first-order valence-corrected chi connectivity index (χ1v) is 7.06. The zero-order chi connectivity index (χ0) is 16.1. The van der Waals surface area contributed by atoms with Gasteiger partial charge >= 0.3 is 0 Å². The number of H-pyrrole nitrogens is 1. The van der Waals surface area contributed by atoms with Crippen LogP contribution in [0, 0.1) is 0 Å². The summed E-state index contributed by atoms with van der Waals surface area (Å²) in [4.78, 5) is 34.9. The standard InChI is InChI=1S/C17H14N4O2/c22-16(20-10-12-5-4-8-18-9-12)14-11-19-15(21-17(14)23)13-6-2-1-3-7-13/h1-9,11H,10H2,(H,20,22)(H,19,21,23). The van der Waals surface area contributed by atoms with Crippen molar-refractivity contribution in [2.45, 2.75) is 6.54 Å². The molecule has 2 N–H and O–H groups in total. The van der Waals surface area contributed by atoms with Crippen LogP contribution in [0.25, 0.3) is 11.4 Å². The van der Waals surface area contributed by atoms with E-state index in [0.29, 0.717) is 12.4 Å². The Hall–Kier alpha value is -3.28. The molecule has 0 aliphatic carbocycles. The lowest BCUT2D eigenvalue weighted by Gasteiger charge is -2.05. The van der Waals surface area contributed by atoms with Crippen molar-refractivity contribution in [2.75, 3.05) is 0 Å². The molecule has 2 aromatic heterocycles. The first-order valence-electron chi connectivity index (χ1n) is 7.06. The van der Waals surface area contributed by atoms with Crippen LogP contribution >= 0.6 is 0 Å². The van der Waals surface area contributed by atoms with Crippen LogP contribution in [0.1, 0.15) is 15.9 Å². The van der Waals surface area contributed by atoms with Gasteiger partial charge in [-0.05, 0) is 11.6 Å². The summed E-state index contributed by atoms with van der Waals surface area (Å²) in [6, 6.07) is 12.9. The van der Waals surface area contributed by atoms with Gasteiger partial charge < -0.3 is 10.3 Å². The quantitative estimate of drug-likeness (QED) is 0.769. The van der Waals surface area contributed by atoms with Crippen molar-refractivity contribution in [2.24, 2.45) is 0 Å². The number of aromatic amines is 1. The third kappa shape index (κ3) is 3.49. The van der Waals surface area contributed by atoms with Crippen molar-refractivity contribution in [1.29, 1.82) is 0 Å². The molecular weight excluding hydrogens is 292 g/mol. The van der Waals surface area contributed by atoms with E-state index in [0.717, 1.165) is 11.1 Å². The summed E-state index contributed by atoms with van der Waals surface area (Å²) in [5.41, 5.74) is 1.15. The smallest absolute Gasteiger partial charge is 0.264 e. The van der Waals surface area contributed by atoms with Gasteiger partial charge in [-0.15, -0.1) is 0 Å². The van der Waals surface area contributed by atoms with Crippen LogP contribution in [-0.2, 0) is 6.54 Å². The Morgan fingerprint density at radius 2 is 1.91 bits per heavy atom. The Morgan fingerprint density at radius 1 is 1.09 bits per heavy atom. The first-order chi connectivity index (χ1) is 11.2. The highest BCUT2D eigenvalue weighted by Crippen LogP contribution is 2.11. The number of benzene rings is 1. The highest BCUT2D eigenvalue weighted by molar-refractivity contribution is 5.93. The monoisotopic (exact) mass is 306 g/mol. The van der Waals surface area contributed by atoms with Crippen LogP contribution in [0.5, 0.6) is 0 Å². The van der Waals surface area contributed by atoms with Crippen molar-refractivity contribution in [3.05, 3.63) is 82.5 Å². The number of rotatable bonds is 4. The van der Waals surface area contributed by atoms with Crippen molar-refractivity contribution in [1.82, 2.24) is 20.3 Å². The number of pyridine rings is 1. The van der Waals surface area contributed by atoms with Gasteiger partial charge in [0.15, 0.2) is 0 Å². The van der Waals surface area contributed by atoms with Gasteiger partial charge in [-0.1, -0.05) is 36.4 Å². The molecule has 0 bridgehead atoms. The lowest BCUT2D eigenvalue weighted by molar-refractivity contribution is 0.0949. The van der Waals surface area contributed by atoms with E-state index < -0.39 is 11.5 Å². The van der Waals surface area contributed by atoms with E-state index in [2.05, 4.69) is 20.3 Å². The van der Waals surface area contributed by atoms with E-state index in [1.165, 1.54) is 6.20 Å². The molecule has 6 nitrogen and oxygen atoms in total. The Morgan fingerprint density at radius 3 is 2.61 bits per heavy atom. The Labute approximate surface area is 132 Å². The highest BCUT2D eigenvalue weighted by Gasteiger charge is 2.12. The van der Waals surface area contributed by atoms with Crippen LogP contribution in [0.2, 0.25) is 0 Å². The summed E-state index contributed by atoms with van der Waals surface area (Å²) in [7, 11) is 0. The fraction of sp³-hybridized carbons (Fsp3) is 0.0588. The maximum Gasteiger partial charge on any atom is 0.264 e. The topological polar surface area (TPSA) is 87.7 Å². The molecule has 0 aliphatic rings. The van der Waals surface area contributed by atoms with E-state index in [-0.39, 0.29) is 5.56 Å². The maximum atomic E-state index is 12.1. The Kier molecular flexibility index (Phi) is 4.24. The fourth-order valence-corrected chi connectivity index (χ4v) is 2.08. The number of hydrogen-bond acceptors (Lipinski definition) is 4. The van der Waals surface area contributed by atoms with E-state index in [9.17, 15) is 9.59 Å². The number of amides is 1. The van der Waals surface area contributed by atoms with Crippen LogP contribution in [0.3, 0.4) is 0 Å². The number of nitrogens with one attached hydrogen (secondary N) is 2. The molecule has 0 spiro atoms. The summed E-state index contributed by atoms with van der Waals surface area (Å²) in [5, 5.41) is 2.68. The number of carbonyl (C=O) groups is 1. The average molecular weight is 306 g/mol. The molecule has 0 saturated heterocycles. The van der Waals surface area contributed by atoms with E-state index in [4.69, 9.17) is 0 Å². The molecule has 0 aliphatic heterocycles. The minimum absolute atomic E-state index is 0.0198. The van der Waals surface area contributed by atoms with Crippen LogP contribution < -0.4 is 10.9 Å². The third-order valence-corrected chi connectivity index (χ3v) is 3.27. The molecule has 114 valence electrons. The van der Waals surface area contributed by atoms with E-state index >= 15 is 0 Å². The van der Waals surface area contributed by atoms with Crippen LogP contribution in [-0.4, -0.2) is 20.9 Å². The second kappa shape index (κ2) is 6.65. The Bertz CT molecular complexity index is 861. The van der Waals surface area contributed by atoms with Crippen LogP contribution in [0.4, 0.5) is 0 Å². The SMILES string of the molecule is O=C(NCc1cccnc1)c1cnc(-c2ccccc2)[nH]c1=O. The second-order valence-electron chi connectivity index (χ2n) is 4.88. The van der Waals surface area contributed by atoms with Gasteiger partial charge in [0.2, 0.25) is 0 Å². The van der Waals surface area contributed by atoms with Gasteiger partial charge in [-0.3, -0.25) is 14.6 Å². The molecule has 0 atom stereocenters. The molecule has 0 unspecified atom stereocenters. The number of nitrogens with zero attached hydrogens (tertiary/aromatic N) is 2. The molecule has 3 aromatic rings. The molecule has 1 amide bonds. The average Bonchev–Trinajstić information content (AvgIpc) is 2.61. The van der Waals surface area contributed by atoms with Crippen LogP contribution in [0.15, 0.2) is 65.8 Å². The maximum absolute atomic E-state index is 12.1. The molecule has 0 radical (unpaired) electrons. The van der Waals surface area contributed by atoms with Crippen molar-refractivity contribution < 1.29 is 4.79 Å². The highest BCUT2D eigenvalue weighted by atomic mass is 16.2. The fourth-order valence-electron chi connectivity index (χ4n) is 2.08. The summed E-state index contributed by atoms with van der Waals surface area (Å²) in [6.07, 6.45) is 4.60. The van der Waals surface area contributed by atoms with Crippen molar-refractivity contribution >= 4 is 5.91 Å². The minimum Gasteiger partial charge on any atom is -0.348 e. The number of carbonyl (C=O) groups excluding carboxylic acids is 1. The molecular formula is C17H14N4O2. The summed E-state index contributed by atoms with van der Waals surface area (Å²) in [6.45, 7) is 0.298. The summed E-state index contributed by atoms with van der Waals surface area (Å²) >= 11 is 0. The molecule has 1 aromatic carbocycles. The van der Waals surface area contributed by atoms with Gasteiger partial charge in [0.1, 0.15) is 11.4 Å². The first kappa shape index (κ1) is 14.6. The molecule has 6 heteroatoms. The minimum atomic E-state index is -0.470. The third-order valence-electron chi connectivity index (χ3n) is 3.27. The summed E-state index contributed by atoms with van der Waals surface area (Å²) in [5.74, 6) is -0.0402. The predicted molar refractivity (Wildman–Crippen MR) is 85.7 cm³/mol. The van der Waals surface area contributed by atoms with E-state index in [1.807, 2.05) is 36.4 Å².